The molecule has 17 heavy (non-hydrogen) atoms. The molecule has 0 saturated heterocycles. The fraction of sp³-hybridized carbons (Fsp3) is 0.214. The number of thiocarbonyl (C=S) groups is 1. The van der Waals surface area contributed by atoms with Crippen molar-refractivity contribution in [2.45, 2.75) is 13.3 Å². The maximum absolute atomic E-state index is 5.44. The van der Waals surface area contributed by atoms with Gasteiger partial charge in [-0.25, -0.2) is 0 Å². The number of nitrogens with one attached hydrogen (secondary N) is 1. The Hall–Kier alpha value is -1.61. The molecule has 2 rings (SSSR count). The van der Waals surface area contributed by atoms with Crippen molar-refractivity contribution >= 4 is 17.3 Å². The SMILES string of the molecule is CCCOC(=S)c1c[nH]c(-c2ccccc2)c1. The lowest BCUT2D eigenvalue weighted by Gasteiger charge is -2.02. The van der Waals surface area contributed by atoms with E-state index in [0.29, 0.717) is 11.7 Å². The van der Waals surface area contributed by atoms with Crippen LogP contribution in [0.1, 0.15) is 18.9 Å². The maximum atomic E-state index is 5.44. The number of rotatable bonds is 4. The summed E-state index contributed by atoms with van der Waals surface area (Å²) in [6.07, 6.45) is 2.86. The lowest BCUT2D eigenvalue weighted by atomic mass is 10.1. The van der Waals surface area contributed by atoms with Gasteiger partial charge in [0.05, 0.1) is 6.61 Å². The molecule has 2 aromatic rings. The Morgan fingerprint density at radius 1 is 1.29 bits per heavy atom. The van der Waals surface area contributed by atoms with Crippen LogP contribution in [0.3, 0.4) is 0 Å². The van der Waals surface area contributed by atoms with E-state index in [2.05, 4.69) is 24.0 Å². The zero-order valence-corrected chi connectivity index (χ0v) is 10.6. The van der Waals surface area contributed by atoms with E-state index in [4.69, 9.17) is 17.0 Å². The molecular weight excluding hydrogens is 230 g/mol. The smallest absolute Gasteiger partial charge is 0.192 e. The highest BCUT2D eigenvalue weighted by Crippen LogP contribution is 2.19. The van der Waals surface area contributed by atoms with Crippen LogP contribution in [0.4, 0.5) is 0 Å². The van der Waals surface area contributed by atoms with Crippen molar-refractivity contribution in [3.63, 3.8) is 0 Å². The highest BCUT2D eigenvalue weighted by atomic mass is 32.1. The van der Waals surface area contributed by atoms with E-state index in [-0.39, 0.29) is 0 Å². The molecule has 0 aliphatic rings. The summed E-state index contributed by atoms with van der Waals surface area (Å²) in [5, 5.41) is 0.560. The molecule has 0 spiro atoms. The molecule has 0 radical (unpaired) electrons. The molecule has 0 unspecified atom stereocenters. The number of ether oxygens (including phenoxy) is 1. The molecule has 1 N–H and O–H groups in total. The number of aromatic amines is 1. The van der Waals surface area contributed by atoms with Gasteiger partial charge < -0.3 is 9.72 Å². The van der Waals surface area contributed by atoms with Crippen molar-refractivity contribution in [3.8, 4) is 11.3 Å². The third-order valence-electron chi connectivity index (χ3n) is 2.44. The summed E-state index contributed by atoms with van der Waals surface area (Å²) in [6.45, 7) is 2.74. The molecule has 1 aromatic carbocycles. The van der Waals surface area contributed by atoms with Gasteiger partial charge in [0, 0.05) is 17.5 Å². The Kier molecular flexibility index (Phi) is 3.94. The van der Waals surface area contributed by atoms with Gasteiger partial charge in [-0.15, -0.1) is 0 Å². The van der Waals surface area contributed by atoms with E-state index in [1.54, 1.807) is 0 Å². The lowest BCUT2D eigenvalue weighted by molar-refractivity contribution is 0.314. The van der Waals surface area contributed by atoms with Gasteiger partial charge in [0.1, 0.15) is 0 Å². The lowest BCUT2D eigenvalue weighted by Crippen LogP contribution is -2.02. The molecule has 0 aliphatic carbocycles. The highest BCUT2D eigenvalue weighted by Gasteiger charge is 2.06. The Morgan fingerprint density at radius 3 is 2.76 bits per heavy atom. The second kappa shape index (κ2) is 5.64. The predicted octanol–water partition coefficient (Wildman–Crippen LogP) is 3.78. The molecule has 0 bridgehead atoms. The van der Waals surface area contributed by atoms with Crippen LogP contribution in [-0.4, -0.2) is 16.6 Å². The third kappa shape index (κ3) is 2.94. The summed E-state index contributed by atoms with van der Waals surface area (Å²) < 4.78 is 5.44. The van der Waals surface area contributed by atoms with Crippen molar-refractivity contribution in [1.82, 2.24) is 4.98 Å². The molecular formula is C14H15NOS. The normalized spacial score (nSPS) is 10.2. The van der Waals surface area contributed by atoms with Gasteiger partial charge in [0.25, 0.3) is 0 Å². The maximum Gasteiger partial charge on any atom is 0.192 e. The highest BCUT2D eigenvalue weighted by molar-refractivity contribution is 7.80. The second-order valence-corrected chi connectivity index (χ2v) is 4.17. The molecule has 0 aliphatic heterocycles. The fourth-order valence-electron chi connectivity index (χ4n) is 1.57. The Balaban J connectivity index is 2.14. The molecule has 3 heteroatoms. The van der Waals surface area contributed by atoms with Gasteiger partial charge in [-0.1, -0.05) is 37.3 Å². The van der Waals surface area contributed by atoms with E-state index in [9.17, 15) is 0 Å². The van der Waals surface area contributed by atoms with Gasteiger partial charge in [0.2, 0.25) is 0 Å². The molecule has 0 amide bonds. The van der Waals surface area contributed by atoms with Gasteiger partial charge in [-0.2, -0.15) is 0 Å². The third-order valence-corrected chi connectivity index (χ3v) is 2.79. The van der Waals surface area contributed by atoms with E-state index in [1.165, 1.54) is 0 Å². The van der Waals surface area contributed by atoms with Crippen LogP contribution >= 0.6 is 12.2 Å². The Labute approximate surface area is 107 Å². The van der Waals surface area contributed by atoms with Crippen LogP contribution in [0.5, 0.6) is 0 Å². The summed E-state index contributed by atoms with van der Waals surface area (Å²) in [4.78, 5) is 3.21. The largest absolute Gasteiger partial charge is 0.483 e. The Bertz CT molecular complexity index is 490. The molecule has 1 aromatic heterocycles. The first-order chi connectivity index (χ1) is 8.31. The molecule has 0 atom stereocenters. The van der Waals surface area contributed by atoms with E-state index < -0.39 is 0 Å². The van der Waals surface area contributed by atoms with Crippen molar-refractivity contribution in [2.24, 2.45) is 0 Å². The van der Waals surface area contributed by atoms with Gasteiger partial charge >= 0.3 is 0 Å². The number of hydrogen-bond donors (Lipinski definition) is 1. The molecule has 1 heterocycles. The van der Waals surface area contributed by atoms with Crippen molar-refractivity contribution in [2.75, 3.05) is 6.61 Å². The quantitative estimate of drug-likeness (QED) is 0.829. The van der Waals surface area contributed by atoms with Crippen LogP contribution in [-0.2, 0) is 4.74 Å². The minimum Gasteiger partial charge on any atom is -0.483 e. The number of aromatic nitrogens is 1. The first kappa shape index (κ1) is 11.9. The van der Waals surface area contributed by atoms with Crippen molar-refractivity contribution < 1.29 is 4.74 Å². The summed E-state index contributed by atoms with van der Waals surface area (Å²) in [7, 11) is 0. The van der Waals surface area contributed by atoms with Crippen molar-refractivity contribution in [3.05, 3.63) is 48.2 Å². The Morgan fingerprint density at radius 2 is 2.06 bits per heavy atom. The predicted molar refractivity (Wildman–Crippen MR) is 74.2 cm³/mol. The number of benzene rings is 1. The monoisotopic (exact) mass is 245 g/mol. The summed E-state index contributed by atoms with van der Waals surface area (Å²) >= 11 is 5.21. The summed E-state index contributed by atoms with van der Waals surface area (Å²) in [6, 6.07) is 12.2. The van der Waals surface area contributed by atoms with Crippen molar-refractivity contribution in [1.29, 1.82) is 0 Å². The minimum absolute atomic E-state index is 0.560. The molecule has 2 nitrogen and oxygen atoms in total. The van der Waals surface area contributed by atoms with Gasteiger partial charge in [-0.05, 0) is 30.3 Å². The summed E-state index contributed by atoms with van der Waals surface area (Å²) in [5.74, 6) is 0. The van der Waals surface area contributed by atoms with Gasteiger partial charge in [-0.3, -0.25) is 0 Å². The van der Waals surface area contributed by atoms with Crippen LogP contribution in [0.25, 0.3) is 11.3 Å². The van der Waals surface area contributed by atoms with Crippen LogP contribution in [0, 0.1) is 0 Å². The average Bonchev–Trinajstić information content (AvgIpc) is 2.86. The van der Waals surface area contributed by atoms with Gasteiger partial charge in [0.15, 0.2) is 5.05 Å². The first-order valence-electron chi connectivity index (χ1n) is 5.72. The minimum atomic E-state index is 0.560. The first-order valence-corrected chi connectivity index (χ1v) is 6.13. The zero-order valence-electron chi connectivity index (χ0n) is 9.77. The summed E-state index contributed by atoms with van der Waals surface area (Å²) in [5.41, 5.74) is 3.15. The van der Waals surface area contributed by atoms with E-state index in [0.717, 1.165) is 23.2 Å². The number of H-pyrrole nitrogens is 1. The fourth-order valence-corrected chi connectivity index (χ4v) is 1.78. The topological polar surface area (TPSA) is 25.0 Å². The molecule has 0 saturated carbocycles. The molecule has 88 valence electrons. The van der Waals surface area contributed by atoms with Crippen LogP contribution in [0.2, 0.25) is 0 Å². The van der Waals surface area contributed by atoms with Crippen LogP contribution in [0.15, 0.2) is 42.6 Å². The van der Waals surface area contributed by atoms with E-state index >= 15 is 0 Å². The van der Waals surface area contributed by atoms with Crippen LogP contribution < -0.4 is 0 Å². The average molecular weight is 245 g/mol. The number of hydrogen-bond acceptors (Lipinski definition) is 2. The molecule has 0 fully saturated rings. The second-order valence-electron chi connectivity index (χ2n) is 3.80. The standard InChI is InChI=1S/C14H15NOS/c1-2-8-16-14(17)12-9-13(15-10-12)11-6-4-3-5-7-11/h3-7,9-10,15H,2,8H2,1H3. The zero-order chi connectivity index (χ0) is 12.1. The van der Waals surface area contributed by atoms with E-state index in [1.807, 2.05) is 30.5 Å².